The third-order valence-corrected chi connectivity index (χ3v) is 14.4. The fourth-order valence-corrected chi connectivity index (χ4v) is 11.3. The van der Waals surface area contributed by atoms with Crippen molar-refractivity contribution in [3.8, 4) is 16.8 Å². The van der Waals surface area contributed by atoms with E-state index in [0.717, 1.165) is 47.2 Å². The van der Waals surface area contributed by atoms with Gasteiger partial charge in [-0.3, -0.25) is 5.41 Å². The highest BCUT2D eigenvalue weighted by Crippen LogP contribution is 2.64. The lowest BCUT2D eigenvalue weighted by molar-refractivity contribution is 0.474. The molecule has 8 aromatic rings. The fraction of sp³-hybridized carbons (Fsp3) is 0.161. The number of fused-ring (bicyclic) bond motifs is 12. The molecule has 12 rings (SSSR count). The molecule has 4 heteroatoms. The van der Waals surface area contributed by atoms with Crippen molar-refractivity contribution in [1.82, 2.24) is 4.57 Å². The topological polar surface area (TPSA) is 67.2 Å². The van der Waals surface area contributed by atoms with Crippen LogP contribution in [0.4, 0.5) is 0 Å². The van der Waals surface area contributed by atoms with E-state index in [2.05, 4.69) is 177 Å². The predicted octanol–water partition coefficient (Wildman–Crippen LogP) is 14.4. The molecule has 0 atom stereocenters. The Kier molecular flexibility index (Phi) is 9.89. The summed E-state index contributed by atoms with van der Waals surface area (Å²) in [4.78, 5) is 4.45. The van der Waals surface area contributed by atoms with Gasteiger partial charge in [-0.15, -0.1) is 0 Å². The standard InChI is InChI=1S/C32H26N4.C30H28/c33-31(24-19-17-23(18-20-24)22-9-2-1-3-10-22)35-32(34)25-11-8-12-26(21-25)36-29-15-6-4-13-27(29)28-14-5-7-16-30(28)36;1-28(2)18-17-21-20-11-5-6-12-22(20)30(27(21)19-28)25-15-9-7-13-23(25)29(3,4)24-14-8-10-16-26(24)30/h1-6,8-15,17-21H,7,16H2,(H3,33,34,35);5-17,19H,18H2,1-4H3. The molecular weight excluding hydrogens is 801 g/mol. The van der Waals surface area contributed by atoms with E-state index in [4.69, 9.17) is 11.1 Å². The highest BCUT2D eigenvalue weighted by Gasteiger charge is 2.55. The molecular formula is C62H54N4. The minimum Gasteiger partial charge on any atom is -0.383 e. The van der Waals surface area contributed by atoms with Gasteiger partial charge in [0, 0.05) is 38.9 Å². The first-order valence-electron chi connectivity index (χ1n) is 23.3. The number of nitrogens with two attached hydrogens (primary N) is 1. The zero-order valence-corrected chi connectivity index (χ0v) is 38.1. The molecule has 4 nitrogen and oxygen atoms in total. The normalized spacial score (nSPS) is 16.7. The molecule has 0 saturated carbocycles. The lowest BCUT2D eigenvalue weighted by Gasteiger charge is -2.47. The number of para-hydroxylation sites is 1. The van der Waals surface area contributed by atoms with Crippen LogP contribution in [0.15, 0.2) is 205 Å². The number of allylic oxidation sites excluding steroid dienone is 5. The van der Waals surface area contributed by atoms with Crippen LogP contribution in [0.1, 0.15) is 96.3 Å². The van der Waals surface area contributed by atoms with E-state index in [1.54, 1.807) is 0 Å². The van der Waals surface area contributed by atoms with E-state index in [1.165, 1.54) is 66.7 Å². The number of nitrogens with zero attached hydrogens (tertiary/aromatic N) is 2. The molecule has 0 fully saturated rings. The minimum atomic E-state index is -0.233. The molecule has 7 aromatic carbocycles. The average molecular weight is 855 g/mol. The van der Waals surface area contributed by atoms with Gasteiger partial charge in [0.05, 0.1) is 10.9 Å². The van der Waals surface area contributed by atoms with Gasteiger partial charge in [0.25, 0.3) is 0 Å². The fourth-order valence-electron chi connectivity index (χ4n) is 11.3. The Morgan fingerprint density at radius 1 is 0.621 bits per heavy atom. The van der Waals surface area contributed by atoms with Gasteiger partial charge in [-0.25, -0.2) is 4.99 Å². The van der Waals surface area contributed by atoms with Gasteiger partial charge in [0.2, 0.25) is 0 Å². The van der Waals surface area contributed by atoms with E-state index < -0.39 is 0 Å². The molecule has 0 bridgehead atoms. The Balaban J connectivity index is 0.000000148. The first kappa shape index (κ1) is 41.2. The van der Waals surface area contributed by atoms with Gasteiger partial charge in [-0.2, -0.15) is 0 Å². The summed E-state index contributed by atoms with van der Waals surface area (Å²) >= 11 is 0. The van der Waals surface area contributed by atoms with Crippen molar-refractivity contribution < 1.29 is 0 Å². The van der Waals surface area contributed by atoms with E-state index in [-0.39, 0.29) is 22.1 Å². The summed E-state index contributed by atoms with van der Waals surface area (Å²) in [6.45, 7) is 9.51. The molecule has 4 aliphatic rings. The number of hydrogen-bond donors (Lipinski definition) is 2. The molecule has 1 spiro atoms. The van der Waals surface area contributed by atoms with Crippen LogP contribution in [0, 0.1) is 10.8 Å². The van der Waals surface area contributed by atoms with Crippen molar-refractivity contribution >= 4 is 34.2 Å². The SMILES string of the molecule is CC1(C)C=C2C(=CC1)c1ccccc1C21c2ccccc2C(C)(C)c2ccccc21.N=C(N=C(N)c1ccc(-c2ccccc2)cc1)c1cccc(-n2c3c(c4ccccc42)C=CCC3)c1. The highest BCUT2D eigenvalue weighted by molar-refractivity contribution is 6.10. The first-order valence-corrected chi connectivity index (χ1v) is 23.3. The molecule has 0 aliphatic heterocycles. The quantitative estimate of drug-likeness (QED) is 0.134. The van der Waals surface area contributed by atoms with Crippen molar-refractivity contribution in [1.29, 1.82) is 5.41 Å². The smallest absolute Gasteiger partial charge is 0.154 e. The monoisotopic (exact) mass is 854 g/mol. The second kappa shape index (κ2) is 15.9. The van der Waals surface area contributed by atoms with Crippen molar-refractivity contribution in [2.45, 2.75) is 57.8 Å². The van der Waals surface area contributed by atoms with Crippen LogP contribution in [0.3, 0.4) is 0 Å². The van der Waals surface area contributed by atoms with E-state index in [9.17, 15) is 0 Å². The highest BCUT2D eigenvalue weighted by atomic mass is 15.0. The lowest BCUT2D eigenvalue weighted by Crippen LogP contribution is -2.41. The van der Waals surface area contributed by atoms with Crippen LogP contribution in [0.25, 0.3) is 39.4 Å². The maximum atomic E-state index is 8.67. The average Bonchev–Trinajstić information content (AvgIpc) is 3.84. The molecule has 1 aromatic heterocycles. The van der Waals surface area contributed by atoms with Crippen LogP contribution >= 0.6 is 0 Å². The van der Waals surface area contributed by atoms with Gasteiger partial charge < -0.3 is 10.3 Å². The van der Waals surface area contributed by atoms with Crippen molar-refractivity contribution in [3.05, 3.63) is 255 Å². The molecule has 66 heavy (non-hydrogen) atoms. The number of benzene rings is 7. The molecule has 0 saturated heterocycles. The third kappa shape index (κ3) is 6.57. The molecule has 0 unspecified atom stereocenters. The largest absolute Gasteiger partial charge is 0.383 e. The van der Waals surface area contributed by atoms with Crippen molar-refractivity contribution in [2.24, 2.45) is 16.1 Å². The summed E-state index contributed by atoms with van der Waals surface area (Å²) in [5, 5.41) is 9.93. The summed E-state index contributed by atoms with van der Waals surface area (Å²) < 4.78 is 2.32. The Hall–Kier alpha value is -7.56. The maximum absolute atomic E-state index is 8.67. The Labute approximate surface area is 388 Å². The molecule has 4 aliphatic carbocycles. The first-order chi connectivity index (χ1) is 32.1. The van der Waals surface area contributed by atoms with Crippen LogP contribution in [0.5, 0.6) is 0 Å². The Bertz CT molecular complexity index is 3300. The zero-order chi connectivity index (χ0) is 45.2. The Morgan fingerprint density at radius 2 is 1.24 bits per heavy atom. The lowest BCUT2D eigenvalue weighted by atomic mass is 9.54. The number of aromatic nitrogens is 1. The molecule has 1 heterocycles. The van der Waals surface area contributed by atoms with Gasteiger partial charge in [0.15, 0.2) is 5.84 Å². The third-order valence-electron chi connectivity index (χ3n) is 14.4. The van der Waals surface area contributed by atoms with Crippen LogP contribution in [-0.2, 0) is 17.3 Å². The van der Waals surface area contributed by atoms with Gasteiger partial charge in [0.1, 0.15) is 5.84 Å². The number of nitrogens with one attached hydrogen (secondary N) is 1. The molecule has 0 amide bonds. The van der Waals surface area contributed by atoms with E-state index in [1.807, 2.05) is 60.7 Å². The van der Waals surface area contributed by atoms with Gasteiger partial charge in [-0.05, 0) is 98.5 Å². The zero-order valence-electron chi connectivity index (χ0n) is 38.1. The minimum absolute atomic E-state index is 0.0232. The van der Waals surface area contributed by atoms with Crippen molar-refractivity contribution in [2.75, 3.05) is 0 Å². The number of aliphatic imine (C=N–C) groups is 1. The maximum Gasteiger partial charge on any atom is 0.154 e. The van der Waals surface area contributed by atoms with Crippen LogP contribution in [-0.4, -0.2) is 16.2 Å². The molecule has 3 N–H and O–H groups in total. The van der Waals surface area contributed by atoms with E-state index in [0.29, 0.717) is 5.84 Å². The summed E-state index contributed by atoms with van der Waals surface area (Å²) in [5.74, 6) is 0.477. The van der Waals surface area contributed by atoms with Crippen LogP contribution < -0.4 is 5.73 Å². The summed E-state index contributed by atoms with van der Waals surface area (Å²) in [6.07, 6.45) is 12.7. The Morgan fingerprint density at radius 3 is 1.97 bits per heavy atom. The second-order valence-electron chi connectivity index (χ2n) is 19.4. The van der Waals surface area contributed by atoms with Crippen LogP contribution in [0.2, 0.25) is 0 Å². The summed E-state index contributed by atoms with van der Waals surface area (Å²) in [6, 6.07) is 62.2. The van der Waals surface area contributed by atoms with Crippen molar-refractivity contribution in [3.63, 3.8) is 0 Å². The van der Waals surface area contributed by atoms with Gasteiger partial charge >= 0.3 is 0 Å². The number of amidine groups is 2. The number of rotatable bonds is 4. The summed E-state index contributed by atoms with van der Waals surface area (Å²) in [5.41, 5.74) is 26.4. The van der Waals surface area contributed by atoms with E-state index >= 15 is 0 Å². The summed E-state index contributed by atoms with van der Waals surface area (Å²) in [7, 11) is 0. The number of hydrogen-bond acceptors (Lipinski definition) is 1. The molecule has 322 valence electrons. The second-order valence-corrected chi connectivity index (χ2v) is 19.4. The molecule has 0 radical (unpaired) electrons. The van der Waals surface area contributed by atoms with Gasteiger partial charge in [-0.1, -0.05) is 210 Å². The predicted molar refractivity (Wildman–Crippen MR) is 276 cm³/mol.